The van der Waals surface area contributed by atoms with Gasteiger partial charge in [-0.3, -0.25) is 9.78 Å². The molecule has 1 N–H and O–H groups in total. The van der Waals surface area contributed by atoms with E-state index >= 15 is 0 Å². The van der Waals surface area contributed by atoms with Gasteiger partial charge in [-0.2, -0.15) is 0 Å². The summed E-state index contributed by atoms with van der Waals surface area (Å²) in [7, 11) is 0. The second-order valence-corrected chi connectivity index (χ2v) is 4.46. The lowest BCUT2D eigenvalue weighted by atomic mass is 10.2. The van der Waals surface area contributed by atoms with Crippen LogP contribution in [0.1, 0.15) is 15.9 Å². The Kier molecular flexibility index (Phi) is 3.88. The van der Waals surface area contributed by atoms with E-state index in [2.05, 4.69) is 26.2 Å². The maximum atomic E-state index is 11.8. The first-order valence-corrected chi connectivity index (χ1v) is 5.97. The van der Waals surface area contributed by atoms with Crippen molar-refractivity contribution in [1.29, 1.82) is 0 Å². The number of carbonyl (C=O) groups is 1. The predicted octanol–water partition coefficient (Wildman–Crippen LogP) is 2.77. The average Bonchev–Trinajstić information content (AvgIpc) is 2.37. The Labute approximate surface area is 108 Å². The van der Waals surface area contributed by atoms with Gasteiger partial charge < -0.3 is 5.32 Å². The Morgan fingerprint density at radius 1 is 1.24 bits per heavy atom. The molecule has 17 heavy (non-hydrogen) atoms. The van der Waals surface area contributed by atoms with Crippen molar-refractivity contribution >= 4 is 21.8 Å². The van der Waals surface area contributed by atoms with Crippen molar-refractivity contribution in [2.75, 3.05) is 0 Å². The molecule has 0 aliphatic rings. The molecule has 0 unspecified atom stereocenters. The molecular weight excluding hydrogens is 280 g/mol. The molecule has 3 nitrogen and oxygen atoms in total. The molecule has 0 fully saturated rings. The van der Waals surface area contributed by atoms with E-state index in [1.54, 1.807) is 24.5 Å². The summed E-state index contributed by atoms with van der Waals surface area (Å²) in [6.07, 6.45) is 3.42. The molecule has 4 heteroatoms. The van der Waals surface area contributed by atoms with E-state index in [1.165, 1.54) is 0 Å². The molecule has 1 amide bonds. The van der Waals surface area contributed by atoms with E-state index < -0.39 is 0 Å². The molecule has 2 rings (SSSR count). The standard InChI is InChI=1S/C13H11BrN2O/c14-12-3-1-2-11(8-12)13(17)16-9-10-4-6-15-7-5-10/h1-8H,9H2,(H,16,17). The Balaban J connectivity index is 1.98. The zero-order valence-corrected chi connectivity index (χ0v) is 10.6. The van der Waals surface area contributed by atoms with Gasteiger partial charge in [0, 0.05) is 29.0 Å². The van der Waals surface area contributed by atoms with Crippen molar-refractivity contribution in [2.24, 2.45) is 0 Å². The minimum absolute atomic E-state index is 0.0805. The van der Waals surface area contributed by atoms with Gasteiger partial charge in [0.1, 0.15) is 0 Å². The normalized spacial score (nSPS) is 9.94. The molecule has 0 radical (unpaired) electrons. The van der Waals surface area contributed by atoms with E-state index in [9.17, 15) is 4.79 Å². The molecule has 1 aromatic carbocycles. The van der Waals surface area contributed by atoms with E-state index in [0.29, 0.717) is 12.1 Å². The topological polar surface area (TPSA) is 42.0 Å². The number of rotatable bonds is 3. The number of carbonyl (C=O) groups excluding carboxylic acids is 1. The van der Waals surface area contributed by atoms with Crippen LogP contribution in [0.4, 0.5) is 0 Å². The summed E-state index contributed by atoms with van der Waals surface area (Å²) in [5.74, 6) is -0.0805. The maximum absolute atomic E-state index is 11.8. The first-order chi connectivity index (χ1) is 8.25. The summed E-state index contributed by atoms with van der Waals surface area (Å²) >= 11 is 3.34. The van der Waals surface area contributed by atoms with Crippen LogP contribution in [0, 0.1) is 0 Å². The van der Waals surface area contributed by atoms with Crippen molar-refractivity contribution in [3.63, 3.8) is 0 Å². The smallest absolute Gasteiger partial charge is 0.251 e. The monoisotopic (exact) mass is 290 g/mol. The lowest BCUT2D eigenvalue weighted by Crippen LogP contribution is -2.22. The molecule has 0 atom stereocenters. The number of benzene rings is 1. The van der Waals surface area contributed by atoms with Crippen LogP contribution < -0.4 is 5.32 Å². The second kappa shape index (κ2) is 5.59. The van der Waals surface area contributed by atoms with Gasteiger partial charge in [-0.1, -0.05) is 22.0 Å². The van der Waals surface area contributed by atoms with Crippen LogP contribution in [0.2, 0.25) is 0 Å². The van der Waals surface area contributed by atoms with Crippen LogP contribution in [-0.2, 0) is 6.54 Å². The number of nitrogens with one attached hydrogen (secondary N) is 1. The fourth-order valence-corrected chi connectivity index (χ4v) is 1.81. The van der Waals surface area contributed by atoms with Gasteiger partial charge in [-0.15, -0.1) is 0 Å². The lowest BCUT2D eigenvalue weighted by molar-refractivity contribution is 0.0951. The van der Waals surface area contributed by atoms with Gasteiger partial charge >= 0.3 is 0 Å². The third-order valence-electron chi connectivity index (χ3n) is 2.29. The fraction of sp³-hybridized carbons (Fsp3) is 0.0769. The predicted molar refractivity (Wildman–Crippen MR) is 69.5 cm³/mol. The van der Waals surface area contributed by atoms with Crippen molar-refractivity contribution in [1.82, 2.24) is 10.3 Å². The highest BCUT2D eigenvalue weighted by molar-refractivity contribution is 9.10. The SMILES string of the molecule is O=C(NCc1ccncc1)c1cccc(Br)c1. The van der Waals surface area contributed by atoms with Gasteiger partial charge in [-0.25, -0.2) is 0 Å². The van der Waals surface area contributed by atoms with Crippen LogP contribution in [0.25, 0.3) is 0 Å². The molecule has 1 heterocycles. The van der Waals surface area contributed by atoms with E-state index in [0.717, 1.165) is 10.0 Å². The summed E-state index contributed by atoms with van der Waals surface area (Å²) in [6, 6.07) is 11.1. The zero-order valence-electron chi connectivity index (χ0n) is 9.06. The summed E-state index contributed by atoms with van der Waals surface area (Å²) in [6.45, 7) is 0.508. The average molecular weight is 291 g/mol. The number of amides is 1. The third-order valence-corrected chi connectivity index (χ3v) is 2.78. The van der Waals surface area contributed by atoms with Crippen molar-refractivity contribution < 1.29 is 4.79 Å². The summed E-state index contributed by atoms with van der Waals surface area (Å²) < 4.78 is 0.897. The molecule has 86 valence electrons. The number of pyridine rings is 1. The molecule has 0 bridgehead atoms. The molecule has 0 saturated heterocycles. The Morgan fingerprint density at radius 3 is 2.71 bits per heavy atom. The summed E-state index contributed by atoms with van der Waals surface area (Å²) in [5, 5.41) is 2.85. The van der Waals surface area contributed by atoms with Crippen LogP contribution in [-0.4, -0.2) is 10.9 Å². The van der Waals surface area contributed by atoms with Gasteiger partial charge in [0.2, 0.25) is 0 Å². The fourth-order valence-electron chi connectivity index (χ4n) is 1.41. The Hall–Kier alpha value is -1.68. The molecule has 2 aromatic rings. The molecule has 0 aliphatic heterocycles. The first-order valence-electron chi connectivity index (χ1n) is 5.18. The highest BCUT2D eigenvalue weighted by atomic mass is 79.9. The van der Waals surface area contributed by atoms with E-state index in [1.807, 2.05) is 24.3 Å². The Morgan fingerprint density at radius 2 is 2.00 bits per heavy atom. The molecular formula is C13H11BrN2O. The second-order valence-electron chi connectivity index (χ2n) is 3.55. The van der Waals surface area contributed by atoms with Crippen LogP contribution >= 0.6 is 15.9 Å². The number of aromatic nitrogens is 1. The highest BCUT2D eigenvalue weighted by Crippen LogP contribution is 2.11. The third kappa shape index (κ3) is 3.39. The van der Waals surface area contributed by atoms with Crippen molar-refractivity contribution in [2.45, 2.75) is 6.54 Å². The number of hydrogen-bond acceptors (Lipinski definition) is 2. The largest absolute Gasteiger partial charge is 0.348 e. The van der Waals surface area contributed by atoms with Gasteiger partial charge in [0.25, 0.3) is 5.91 Å². The van der Waals surface area contributed by atoms with E-state index in [4.69, 9.17) is 0 Å². The highest BCUT2D eigenvalue weighted by Gasteiger charge is 2.04. The molecule has 0 spiro atoms. The van der Waals surface area contributed by atoms with Crippen molar-refractivity contribution in [3.05, 3.63) is 64.4 Å². The van der Waals surface area contributed by atoms with Gasteiger partial charge in [-0.05, 0) is 35.9 Å². The van der Waals surface area contributed by atoms with Crippen LogP contribution in [0.5, 0.6) is 0 Å². The number of nitrogens with zero attached hydrogens (tertiary/aromatic N) is 1. The van der Waals surface area contributed by atoms with Crippen LogP contribution in [0.15, 0.2) is 53.3 Å². The van der Waals surface area contributed by atoms with Crippen molar-refractivity contribution in [3.8, 4) is 0 Å². The van der Waals surface area contributed by atoms with E-state index in [-0.39, 0.29) is 5.91 Å². The molecule has 0 saturated carbocycles. The van der Waals surface area contributed by atoms with Crippen LogP contribution in [0.3, 0.4) is 0 Å². The Bertz CT molecular complexity index is 514. The van der Waals surface area contributed by atoms with Gasteiger partial charge in [0.05, 0.1) is 0 Å². The zero-order chi connectivity index (χ0) is 12.1. The minimum Gasteiger partial charge on any atom is -0.348 e. The summed E-state index contributed by atoms with van der Waals surface area (Å²) in [5.41, 5.74) is 1.68. The molecule has 0 aliphatic carbocycles. The first kappa shape index (κ1) is 11.8. The number of hydrogen-bond donors (Lipinski definition) is 1. The number of halogens is 1. The van der Waals surface area contributed by atoms with Gasteiger partial charge in [0.15, 0.2) is 0 Å². The molecule has 1 aromatic heterocycles. The minimum atomic E-state index is -0.0805. The maximum Gasteiger partial charge on any atom is 0.251 e. The lowest BCUT2D eigenvalue weighted by Gasteiger charge is -2.05. The quantitative estimate of drug-likeness (QED) is 0.944. The summed E-state index contributed by atoms with van der Waals surface area (Å²) in [4.78, 5) is 15.7.